The molecule has 1 aromatic carbocycles. The van der Waals surface area contributed by atoms with Crippen LogP contribution >= 0.6 is 0 Å². The molecule has 0 N–H and O–H groups in total. The van der Waals surface area contributed by atoms with Crippen molar-refractivity contribution >= 4 is 5.69 Å². The van der Waals surface area contributed by atoms with E-state index in [0.717, 1.165) is 31.5 Å². The summed E-state index contributed by atoms with van der Waals surface area (Å²) in [6.45, 7) is 4.28. The van der Waals surface area contributed by atoms with E-state index in [1.54, 1.807) is 6.07 Å². The number of non-ortho nitro benzene ring substituents is 1. The van der Waals surface area contributed by atoms with Gasteiger partial charge >= 0.3 is 0 Å². The first-order chi connectivity index (χ1) is 9.95. The largest absolute Gasteiger partial charge is 0.496 e. The number of nitro groups is 1. The minimum Gasteiger partial charge on any atom is -0.496 e. The lowest BCUT2D eigenvalue weighted by atomic mass is 9.82. The van der Waals surface area contributed by atoms with Crippen LogP contribution in [0.5, 0.6) is 5.75 Å². The number of nitrogens with zero attached hydrogens (tertiary/aromatic N) is 3. The maximum absolute atomic E-state index is 10.9. The number of benzene rings is 1. The third-order valence-corrected chi connectivity index (χ3v) is 4.03. The first-order valence-electron chi connectivity index (χ1n) is 6.92. The first-order valence-corrected chi connectivity index (χ1v) is 6.92. The molecule has 112 valence electrons. The highest BCUT2D eigenvalue weighted by Crippen LogP contribution is 2.31. The molecule has 1 heterocycles. The van der Waals surface area contributed by atoms with Crippen LogP contribution in [0, 0.1) is 26.9 Å². The number of piperidine rings is 1. The lowest BCUT2D eigenvalue weighted by Crippen LogP contribution is -2.37. The Morgan fingerprint density at radius 1 is 1.43 bits per heavy atom. The van der Waals surface area contributed by atoms with Crippen molar-refractivity contribution in [3.63, 3.8) is 0 Å². The normalized spacial score (nSPS) is 18.0. The fraction of sp³-hybridized carbons (Fsp3) is 0.533. The Morgan fingerprint density at radius 2 is 2.10 bits per heavy atom. The number of likely N-dealkylation sites (tertiary alicyclic amines) is 1. The average molecular weight is 289 g/mol. The molecule has 0 aromatic heterocycles. The van der Waals surface area contributed by atoms with Gasteiger partial charge < -0.3 is 4.74 Å². The monoisotopic (exact) mass is 289 g/mol. The van der Waals surface area contributed by atoms with Gasteiger partial charge in [0.15, 0.2) is 0 Å². The van der Waals surface area contributed by atoms with Crippen LogP contribution in [0.3, 0.4) is 0 Å². The first kappa shape index (κ1) is 15.3. The number of ether oxygens (including phenoxy) is 1. The van der Waals surface area contributed by atoms with E-state index < -0.39 is 4.92 Å². The molecule has 0 aliphatic carbocycles. The summed E-state index contributed by atoms with van der Waals surface area (Å²) in [7, 11) is 1.50. The van der Waals surface area contributed by atoms with Gasteiger partial charge in [0.2, 0.25) is 0 Å². The number of nitro benzene ring substituents is 1. The summed E-state index contributed by atoms with van der Waals surface area (Å²) in [6.07, 6.45) is 1.66. The topological polar surface area (TPSA) is 79.4 Å². The fourth-order valence-electron chi connectivity index (χ4n) is 2.53. The van der Waals surface area contributed by atoms with Crippen LogP contribution in [0.4, 0.5) is 5.69 Å². The predicted octanol–water partition coefficient (Wildman–Crippen LogP) is 2.73. The van der Waals surface area contributed by atoms with Crippen LogP contribution in [-0.4, -0.2) is 30.0 Å². The summed E-state index contributed by atoms with van der Waals surface area (Å²) >= 11 is 0. The molecule has 1 aliphatic rings. The van der Waals surface area contributed by atoms with Crippen molar-refractivity contribution < 1.29 is 9.66 Å². The molecule has 0 bridgehead atoms. The zero-order valence-corrected chi connectivity index (χ0v) is 12.3. The Kier molecular flexibility index (Phi) is 4.43. The van der Waals surface area contributed by atoms with Crippen molar-refractivity contribution in [2.75, 3.05) is 20.2 Å². The van der Waals surface area contributed by atoms with E-state index in [1.807, 2.05) is 13.0 Å². The molecular weight excluding hydrogens is 270 g/mol. The van der Waals surface area contributed by atoms with E-state index >= 15 is 0 Å². The molecule has 0 unspecified atom stereocenters. The molecular formula is C15H19N3O3. The zero-order valence-electron chi connectivity index (χ0n) is 12.3. The lowest BCUT2D eigenvalue weighted by molar-refractivity contribution is -0.385. The molecule has 21 heavy (non-hydrogen) atoms. The van der Waals surface area contributed by atoms with Gasteiger partial charge in [0.25, 0.3) is 5.69 Å². The molecule has 0 atom stereocenters. The van der Waals surface area contributed by atoms with Crippen molar-refractivity contribution in [3.8, 4) is 11.8 Å². The van der Waals surface area contributed by atoms with Gasteiger partial charge in [0, 0.05) is 12.6 Å². The summed E-state index contributed by atoms with van der Waals surface area (Å²) in [5.74, 6) is 0.498. The third kappa shape index (κ3) is 3.70. The maximum atomic E-state index is 10.9. The van der Waals surface area contributed by atoms with Crippen molar-refractivity contribution in [1.82, 2.24) is 4.90 Å². The summed E-state index contributed by atoms with van der Waals surface area (Å²) in [5, 5.41) is 20.1. The van der Waals surface area contributed by atoms with Crippen LogP contribution in [0.15, 0.2) is 18.2 Å². The fourth-order valence-corrected chi connectivity index (χ4v) is 2.53. The van der Waals surface area contributed by atoms with Crippen LogP contribution in [0.25, 0.3) is 0 Å². The molecule has 0 spiro atoms. The average Bonchev–Trinajstić information content (AvgIpc) is 2.49. The Hall–Kier alpha value is -2.13. The highest BCUT2D eigenvalue weighted by Gasteiger charge is 2.29. The second-order valence-electron chi connectivity index (χ2n) is 5.75. The van der Waals surface area contributed by atoms with Gasteiger partial charge in [-0.25, -0.2) is 0 Å². The number of hydrogen-bond acceptors (Lipinski definition) is 5. The molecule has 2 rings (SSSR count). The van der Waals surface area contributed by atoms with Crippen LogP contribution in [0.2, 0.25) is 0 Å². The molecule has 0 amide bonds. The van der Waals surface area contributed by atoms with E-state index in [1.165, 1.54) is 13.2 Å². The summed E-state index contributed by atoms with van der Waals surface area (Å²) in [6, 6.07) is 7.20. The van der Waals surface area contributed by atoms with Crippen molar-refractivity contribution in [3.05, 3.63) is 33.9 Å². The minimum absolute atomic E-state index is 0.0447. The van der Waals surface area contributed by atoms with Crippen LogP contribution < -0.4 is 4.74 Å². The van der Waals surface area contributed by atoms with Gasteiger partial charge in [0.05, 0.1) is 29.6 Å². The molecule has 1 saturated heterocycles. The highest BCUT2D eigenvalue weighted by atomic mass is 16.6. The quantitative estimate of drug-likeness (QED) is 0.629. The molecule has 1 aliphatic heterocycles. The van der Waals surface area contributed by atoms with Gasteiger partial charge in [-0.05, 0) is 44.5 Å². The smallest absolute Gasteiger partial charge is 0.273 e. The number of methoxy groups -OCH3 is 1. The number of nitriles is 1. The molecule has 1 aromatic rings. The lowest BCUT2D eigenvalue weighted by Gasteiger charge is -2.34. The predicted molar refractivity (Wildman–Crippen MR) is 77.9 cm³/mol. The van der Waals surface area contributed by atoms with E-state index in [4.69, 9.17) is 10.00 Å². The second kappa shape index (κ2) is 6.10. The van der Waals surface area contributed by atoms with E-state index in [-0.39, 0.29) is 11.1 Å². The van der Waals surface area contributed by atoms with Crippen molar-refractivity contribution in [2.45, 2.75) is 26.3 Å². The van der Waals surface area contributed by atoms with E-state index in [0.29, 0.717) is 12.3 Å². The summed E-state index contributed by atoms with van der Waals surface area (Å²) in [4.78, 5) is 12.7. The SMILES string of the molecule is COc1cc(CN2CCC(C)(C#N)CC2)cc([N+](=O)[O-])c1. The van der Waals surface area contributed by atoms with E-state index in [9.17, 15) is 10.1 Å². The van der Waals surface area contributed by atoms with Crippen molar-refractivity contribution in [2.24, 2.45) is 5.41 Å². The van der Waals surface area contributed by atoms with E-state index in [2.05, 4.69) is 11.0 Å². The van der Waals surface area contributed by atoms with Crippen molar-refractivity contribution in [1.29, 1.82) is 5.26 Å². The van der Waals surface area contributed by atoms with Gasteiger partial charge in [-0.2, -0.15) is 5.26 Å². The molecule has 1 fully saturated rings. The van der Waals surface area contributed by atoms with Gasteiger partial charge in [0.1, 0.15) is 5.75 Å². The molecule has 0 radical (unpaired) electrons. The van der Waals surface area contributed by atoms with Crippen LogP contribution in [0.1, 0.15) is 25.3 Å². The minimum atomic E-state index is -0.408. The number of rotatable bonds is 4. The van der Waals surface area contributed by atoms with Crippen LogP contribution in [-0.2, 0) is 6.54 Å². The summed E-state index contributed by atoms with van der Waals surface area (Å²) < 4.78 is 5.12. The summed E-state index contributed by atoms with van der Waals surface area (Å²) in [5.41, 5.74) is 0.668. The maximum Gasteiger partial charge on any atom is 0.273 e. The standard InChI is InChI=1S/C15H19N3O3/c1-15(11-16)3-5-17(6-4-15)10-12-7-13(18(19)20)9-14(8-12)21-2/h7-9H,3-6,10H2,1-2H3. The van der Waals surface area contributed by atoms with Gasteiger partial charge in [-0.3, -0.25) is 15.0 Å². The molecule has 6 heteroatoms. The Morgan fingerprint density at radius 3 is 2.62 bits per heavy atom. The Balaban J connectivity index is 2.08. The number of hydrogen-bond donors (Lipinski definition) is 0. The van der Waals surface area contributed by atoms with Gasteiger partial charge in [-0.15, -0.1) is 0 Å². The Bertz CT molecular complexity index is 572. The third-order valence-electron chi connectivity index (χ3n) is 4.03. The Labute approximate surface area is 124 Å². The molecule has 0 saturated carbocycles. The zero-order chi connectivity index (χ0) is 15.5. The highest BCUT2D eigenvalue weighted by molar-refractivity contribution is 5.42. The second-order valence-corrected chi connectivity index (χ2v) is 5.75. The molecule has 6 nitrogen and oxygen atoms in total. The van der Waals surface area contributed by atoms with Gasteiger partial charge in [-0.1, -0.05) is 0 Å².